The number of carbonyl (C=O) groups is 1. The van der Waals surface area contributed by atoms with Gasteiger partial charge in [-0.15, -0.1) is 12.4 Å². The molecule has 0 spiro atoms. The summed E-state index contributed by atoms with van der Waals surface area (Å²) in [6, 6.07) is 1.59. The van der Waals surface area contributed by atoms with E-state index in [4.69, 9.17) is 4.52 Å². The normalized spacial score (nSPS) is 17.8. The Balaban J connectivity index is 0.00000242. The Kier molecular flexibility index (Phi) is 7.85. The Labute approximate surface area is 138 Å². The molecule has 22 heavy (non-hydrogen) atoms. The summed E-state index contributed by atoms with van der Waals surface area (Å²) in [6.45, 7) is 6.83. The molecule has 0 radical (unpaired) electrons. The predicted octanol–water partition coefficient (Wildman–Crippen LogP) is 2.05. The SMILES string of the molecule is CNCCC1CCN(C(C)C(=O)Nc2cc(C)no2)CC1.Cl. The number of hydrogen-bond donors (Lipinski definition) is 2. The molecule has 1 aliphatic heterocycles. The zero-order valence-electron chi connectivity index (χ0n) is 13.6. The van der Waals surface area contributed by atoms with Crippen molar-refractivity contribution in [2.75, 3.05) is 32.0 Å². The van der Waals surface area contributed by atoms with Crippen molar-refractivity contribution in [2.24, 2.45) is 5.92 Å². The van der Waals surface area contributed by atoms with Crippen LogP contribution in [0.15, 0.2) is 10.6 Å². The Morgan fingerprint density at radius 1 is 1.50 bits per heavy atom. The molecule has 1 aliphatic rings. The van der Waals surface area contributed by atoms with E-state index in [-0.39, 0.29) is 24.4 Å². The third kappa shape index (κ3) is 5.26. The largest absolute Gasteiger partial charge is 0.338 e. The summed E-state index contributed by atoms with van der Waals surface area (Å²) in [5.74, 6) is 1.17. The summed E-state index contributed by atoms with van der Waals surface area (Å²) in [4.78, 5) is 14.5. The lowest BCUT2D eigenvalue weighted by molar-refractivity contribution is -0.121. The zero-order valence-corrected chi connectivity index (χ0v) is 14.4. The molecule has 6 nitrogen and oxygen atoms in total. The second kappa shape index (κ2) is 9.12. The molecule has 2 rings (SSSR count). The fourth-order valence-electron chi connectivity index (χ4n) is 2.79. The Morgan fingerprint density at radius 2 is 2.18 bits per heavy atom. The third-order valence-electron chi connectivity index (χ3n) is 4.25. The van der Waals surface area contributed by atoms with E-state index in [2.05, 4.69) is 20.7 Å². The standard InChI is InChI=1S/C15H26N4O2.ClH/c1-11-10-14(21-18-11)17-15(20)12(2)19-8-5-13(6-9-19)4-7-16-3;/h10,12-13,16H,4-9H2,1-3H3,(H,17,20);1H. The number of nitrogens with zero attached hydrogens (tertiary/aromatic N) is 2. The third-order valence-corrected chi connectivity index (χ3v) is 4.25. The van der Waals surface area contributed by atoms with Crippen molar-refractivity contribution >= 4 is 24.2 Å². The highest BCUT2D eigenvalue weighted by Crippen LogP contribution is 2.22. The maximum absolute atomic E-state index is 12.2. The number of halogens is 1. The molecule has 2 heterocycles. The minimum Gasteiger partial charge on any atom is -0.338 e. The first-order valence-corrected chi connectivity index (χ1v) is 7.73. The average Bonchev–Trinajstić information content (AvgIpc) is 2.90. The van der Waals surface area contributed by atoms with Crippen molar-refractivity contribution in [1.82, 2.24) is 15.4 Å². The molecule has 1 atom stereocenters. The van der Waals surface area contributed by atoms with Crippen LogP contribution in [0.5, 0.6) is 0 Å². The van der Waals surface area contributed by atoms with Crippen LogP contribution in [-0.2, 0) is 4.79 Å². The molecule has 0 bridgehead atoms. The lowest BCUT2D eigenvalue weighted by atomic mass is 9.93. The van der Waals surface area contributed by atoms with Gasteiger partial charge in [-0.05, 0) is 65.7 Å². The molecule has 0 saturated carbocycles. The van der Waals surface area contributed by atoms with Gasteiger partial charge in [-0.3, -0.25) is 15.0 Å². The van der Waals surface area contributed by atoms with Crippen molar-refractivity contribution in [3.8, 4) is 0 Å². The lowest BCUT2D eigenvalue weighted by Crippen LogP contribution is -2.46. The molecule has 7 heteroatoms. The van der Waals surface area contributed by atoms with E-state index in [0.29, 0.717) is 5.88 Å². The monoisotopic (exact) mass is 330 g/mol. The fourth-order valence-corrected chi connectivity index (χ4v) is 2.79. The topological polar surface area (TPSA) is 70.4 Å². The number of anilines is 1. The maximum Gasteiger partial charge on any atom is 0.243 e. The van der Waals surface area contributed by atoms with Crippen LogP contribution in [0.2, 0.25) is 0 Å². The molecule has 1 aromatic heterocycles. The van der Waals surface area contributed by atoms with E-state index in [9.17, 15) is 4.79 Å². The summed E-state index contributed by atoms with van der Waals surface area (Å²) in [5.41, 5.74) is 0.767. The second-order valence-electron chi connectivity index (χ2n) is 5.87. The minimum atomic E-state index is -0.138. The Bertz CT molecular complexity index is 458. The van der Waals surface area contributed by atoms with Crippen LogP contribution in [0.4, 0.5) is 5.88 Å². The number of piperidine rings is 1. The number of amides is 1. The number of rotatable bonds is 6. The van der Waals surface area contributed by atoms with Crippen LogP contribution < -0.4 is 10.6 Å². The molecule has 1 saturated heterocycles. The highest BCUT2D eigenvalue weighted by Gasteiger charge is 2.26. The molecule has 1 amide bonds. The summed E-state index contributed by atoms with van der Waals surface area (Å²) in [6.07, 6.45) is 3.56. The summed E-state index contributed by atoms with van der Waals surface area (Å²) < 4.78 is 5.03. The van der Waals surface area contributed by atoms with Gasteiger partial charge >= 0.3 is 0 Å². The van der Waals surface area contributed by atoms with Gasteiger partial charge < -0.3 is 9.84 Å². The van der Waals surface area contributed by atoms with Crippen molar-refractivity contribution in [3.05, 3.63) is 11.8 Å². The van der Waals surface area contributed by atoms with Gasteiger partial charge in [-0.25, -0.2) is 0 Å². The number of aryl methyl sites for hydroxylation is 1. The van der Waals surface area contributed by atoms with Crippen molar-refractivity contribution in [1.29, 1.82) is 0 Å². The molecule has 0 aromatic carbocycles. The van der Waals surface area contributed by atoms with Gasteiger partial charge in [0.25, 0.3) is 0 Å². The molecule has 1 unspecified atom stereocenters. The van der Waals surface area contributed by atoms with Crippen LogP contribution in [0.1, 0.15) is 31.9 Å². The fraction of sp³-hybridized carbons (Fsp3) is 0.733. The molecule has 1 aromatic rings. The molecule has 1 fully saturated rings. The highest BCUT2D eigenvalue weighted by atomic mass is 35.5. The van der Waals surface area contributed by atoms with Crippen LogP contribution in [0.25, 0.3) is 0 Å². The second-order valence-corrected chi connectivity index (χ2v) is 5.87. The smallest absolute Gasteiger partial charge is 0.243 e. The van der Waals surface area contributed by atoms with E-state index < -0.39 is 0 Å². The van der Waals surface area contributed by atoms with Gasteiger partial charge in [0.05, 0.1) is 11.7 Å². The van der Waals surface area contributed by atoms with Crippen LogP contribution in [0, 0.1) is 12.8 Å². The molecule has 0 aliphatic carbocycles. The van der Waals surface area contributed by atoms with Crippen molar-refractivity contribution in [2.45, 2.75) is 39.2 Å². The highest BCUT2D eigenvalue weighted by molar-refractivity contribution is 5.93. The van der Waals surface area contributed by atoms with Crippen LogP contribution in [0.3, 0.4) is 0 Å². The minimum absolute atomic E-state index is 0. The molecule has 126 valence electrons. The van der Waals surface area contributed by atoms with Gasteiger partial charge in [-0.1, -0.05) is 5.16 Å². The zero-order chi connectivity index (χ0) is 15.2. The van der Waals surface area contributed by atoms with Crippen LogP contribution in [-0.4, -0.2) is 48.7 Å². The van der Waals surface area contributed by atoms with Gasteiger partial charge in [0.15, 0.2) is 0 Å². The number of nitrogens with one attached hydrogen (secondary N) is 2. The quantitative estimate of drug-likeness (QED) is 0.835. The van der Waals surface area contributed by atoms with Crippen LogP contribution >= 0.6 is 12.4 Å². The summed E-state index contributed by atoms with van der Waals surface area (Å²) >= 11 is 0. The summed E-state index contributed by atoms with van der Waals surface area (Å²) in [5, 5.41) is 9.76. The van der Waals surface area contributed by atoms with E-state index in [1.54, 1.807) is 6.07 Å². The maximum atomic E-state index is 12.2. The predicted molar refractivity (Wildman–Crippen MR) is 89.4 cm³/mol. The van der Waals surface area contributed by atoms with Gasteiger partial charge in [0.2, 0.25) is 11.8 Å². The summed E-state index contributed by atoms with van der Waals surface area (Å²) in [7, 11) is 1.99. The lowest BCUT2D eigenvalue weighted by Gasteiger charge is -2.35. The number of hydrogen-bond acceptors (Lipinski definition) is 5. The average molecular weight is 331 g/mol. The van der Waals surface area contributed by atoms with E-state index >= 15 is 0 Å². The number of likely N-dealkylation sites (tertiary alicyclic amines) is 1. The molecular weight excluding hydrogens is 304 g/mol. The van der Waals surface area contributed by atoms with Gasteiger partial charge in [-0.2, -0.15) is 0 Å². The van der Waals surface area contributed by atoms with Gasteiger partial charge in [0, 0.05) is 6.07 Å². The molecular formula is C15H27ClN4O2. The first-order valence-electron chi connectivity index (χ1n) is 7.73. The van der Waals surface area contributed by atoms with Crippen molar-refractivity contribution in [3.63, 3.8) is 0 Å². The van der Waals surface area contributed by atoms with E-state index in [1.165, 1.54) is 19.3 Å². The van der Waals surface area contributed by atoms with Gasteiger partial charge in [0.1, 0.15) is 0 Å². The number of carbonyl (C=O) groups excluding carboxylic acids is 1. The molecule has 2 N–H and O–H groups in total. The van der Waals surface area contributed by atoms with E-state index in [0.717, 1.165) is 31.2 Å². The number of aromatic nitrogens is 1. The first kappa shape index (κ1) is 18.9. The Hall–Kier alpha value is -1.11. The Morgan fingerprint density at radius 3 is 2.73 bits per heavy atom. The van der Waals surface area contributed by atoms with Crippen molar-refractivity contribution < 1.29 is 9.32 Å². The van der Waals surface area contributed by atoms with E-state index in [1.807, 2.05) is 20.9 Å². The first-order chi connectivity index (χ1) is 10.1.